The quantitative estimate of drug-likeness (QED) is 0.866. The van der Waals surface area contributed by atoms with Crippen LogP contribution >= 0.6 is 0 Å². The first-order valence-electron chi connectivity index (χ1n) is 6.65. The highest BCUT2D eigenvalue weighted by atomic mass is 19.1. The zero-order valence-electron chi connectivity index (χ0n) is 11.4. The molecule has 1 aromatic heterocycles. The van der Waals surface area contributed by atoms with Gasteiger partial charge in [0.05, 0.1) is 6.20 Å². The molecule has 0 amide bonds. The van der Waals surface area contributed by atoms with Gasteiger partial charge in [-0.3, -0.25) is 4.68 Å². The van der Waals surface area contributed by atoms with E-state index in [-0.39, 0.29) is 11.9 Å². The van der Waals surface area contributed by atoms with Crippen molar-refractivity contribution in [2.75, 3.05) is 6.54 Å². The Morgan fingerprint density at radius 1 is 1.32 bits per heavy atom. The Labute approximate surface area is 113 Å². The van der Waals surface area contributed by atoms with Crippen LogP contribution in [0.1, 0.15) is 30.5 Å². The maximum atomic E-state index is 13.0. The Hall–Kier alpha value is -1.68. The van der Waals surface area contributed by atoms with Crippen molar-refractivity contribution in [3.8, 4) is 0 Å². The number of nitrogens with one attached hydrogen (secondary N) is 1. The first-order chi connectivity index (χ1) is 9.19. The molecule has 0 fully saturated rings. The first kappa shape index (κ1) is 13.7. The van der Waals surface area contributed by atoms with Gasteiger partial charge in [0.2, 0.25) is 0 Å². The predicted molar refractivity (Wildman–Crippen MR) is 74.3 cm³/mol. The normalized spacial score (nSPS) is 12.6. The third-order valence-corrected chi connectivity index (χ3v) is 3.20. The maximum absolute atomic E-state index is 13.0. The standard InChI is InChI=1S/C15H20FN3/c1-3-17-15(13-5-7-14(16)8-6-13)9-4-12-10-18-19(2)11-12/h5-8,10-11,15,17H,3-4,9H2,1-2H3. The second-order valence-electron chi connectivity index (χ2n) is 4.72. The van der Waals surface area contributed by atoms with Gasteiger partial charge in [0, 0.05) is 19.3 Å². The molecule has 2 rings (SSSR count). The van der Waals surface area contributed by atoms with E-state index in [4.69, 9.17) is 0 Å². The van der Waals surface area contributed by atoms with E-state index in [1.165, 1.54) is 17.7 Å². The molecule has 0 spiro atoms. The van der Waals surface area contributed by atoms with Crippen LogP contribution in [-0.4, -0.2) is 16.3 Å². The molecule has 0 radical (unpaired) electrons. The van der Waals surface area contributed by atoms with Gasteiger partial charge in [-0.1, -0.05) is 19.1 Å². The fraction of sp³-hybridized carbons (Fsp3) is 0.400. The van der Waals surface area contributed by atoms with Crippen LogP contribution in [0.3, 0.4) is 0 Å². The molecule has 1 unspecified atom stereocenters. The van der Waals surface area contributed by atoms with Gasteiger partial charge in [-0.15, -0.1) is 0 Å². The number of benzene rings is 1. The fourth-order valence-corrected chi connectivity index (χ4v) is 2.24. The SMILES string of the molecule is CCNC(CCc1cnn(C)c1)c1ccc(F)cc1. The lowest BCUT2D eigenvalue weighted by molar-refractivity contribution is 0.514. The van der Waals surface area contributed by atoms with Crippen LogP contribution in [0.25, 0.3) is 0 Å². The van der Waals surface area contributed by atoms with Crippen LogP contribution in [0.4, 0.5) is 4.39 Å². The van der Waals surface area contributed by atoms with E-state index in [0.717, 1.165) is 24.9 Å². The average Bonchev–Trinajstić information content (AvgIpc) is 2.81. The van der Waals surface area contributed by atoms with Crippen molar-refractivity contribution in [3.63, 3.8) is 0 Å². The molecule has 0 aliphatic rings. The highest BCUT2D eigenvalue weighted by Gasteiger charge is 2.11. The van der Waals surface area contributed by atoms with Gasteiger partial charge in [0.25, 0.3) is 0 Å². The van der Waals surface area contributed by atoms with Crippen molar-refractivity contribution < 1.29 is 4.39 Å². The van der Waals surface area contributed by atoms with E-state index < -0.39 is 0 Å². The van der Waals surface area contributed by atoms with Gasteiger partial charge in [0.1, 0.15) is 5.82 Å². The largest absolute Gasteiger partial charge is 0.310 e. The van der Waals surface area contributed by atoms with Crippen molar-refractivity contribution in [1.82, 2.24) is 15.1 Å². The summed E-state index contributed by atoms with van der Waals surface area (Å²) in [5.74, 6) is -0.189. The minimum absolute atomic E-state index is 0.189. The molecule has 102 valence electrons. The lowest BCUT2D eigenvalue weighted by atomic mass is 10.00. The summed E-state index contributed by atoms with van der Waals surface area (Å²) in [7, 11) is 1.92. The lowest BCUT2D eigenvalue weighted by Gasteiger charge is -2.18. The molecule has 0 saturated carbocycles. The van der Waals surface area contributed by atoms with E-state index in [1.807, 2.05) is 36.3 Å². The Morgan fingerprint density at radius 3 is 2.63 bits per heavy atom. The highest BCUT2D eigenvalue weighted by Crippen LogP contribution is 2.19. The highest BCUT2D eigenvalue weighted by molar-refractivity contribution is 5.20. The van der Waals surface area contributed by atoms with Crippen molar-refractivity contribution in [1.29, 1.82) is 0 Å². The van der Waals surface area contributed by atoms with E-state index in [0.29, 0.717) is 0 Å². The van der Waals surface area contributed by atoms with Gasteiger partial charge >= 0.3 is 0 Å². The summed E-state index contributed by atoms with van der Waals surface area (Å²) in [6.45, 7) is 2.98. The molecule has 0 saturated heterocycles. The monoisotopic (exact) mass is 261 g/mol. The zero-order valence-corrected chi connectivity index (χ0v) is 11.4. The molecular formula is C15H20FN3. The van der Waals surface area contributed by atoms with Crippen LogP contribution in [0.15, 0.2) is 36.7 Å². The molecule has 3 nitrogen and oxygen atoms in total. The smallest absolute Gasteiger partial charge is 0.123 e. The van der Waals surface area contributed by atoms with E-state index in [2.05, 4.69) is 17.3 Å². The molecule has 1 aromatic carbocycles. The molecule has 19 heavy (non-hydrogen) atoms. The topological polar surface area (TPSA) is 29.9 Å². The number of hydrogen-bond donors (Lipinski definition) is 1. The van der Waals surface area contributed by atoms with Gasteiger partial charge in [-0.05, 0) is 42.6 Å². The van der Waals surface area contributed by atoms with Crippen LogP contribution in [-0.2, 0) is 13.5 Å². The second-order valence-corrected chi connectivity index (χ2v) is 4.72. The van der Waals surface area contributed by atoms with Gasteiger partial charge < -0.3 is 5.32 Å². The summed E-state index contributed by atoms with van der Waals surface area (Å²) < 4.78 is 14.8. The Kier molecular flexibility index (Phi) is 4.68. The first-order valence-corrected chi connectivity index (χ1v) is 6.65. The summed E-state index contributed by atoms with van der Waals surface area (Å²) in [5.41, 5.74) is 2.36. The number of aromatic nitrogens is 2. The zero-order chi connectivity index (χ0) is 13.7. The predicted octanol–water partition coefficient (Wildman–Crippen LogP) is 2.84. The summed E-state index contributed by atoms with van der Waals surface area (Å²) in [6, 6.07) is 7.00. The number of halogens is 1. The fourth-order valence-electron chi connectivity index (χ4n) is 2.24. The van der Waals surface area contributed by atoms with Crippen molar-refractivity contribution in [3.05, 3.63) is 53.6 Å². The van der Waals surface area contributed by atoms with Crippen LogP contribution in [0, 0.1) is 5.82 Å². The van der Waals surface area contributed by atoms with Crippen molar-refractivity contribution >= 4 is 0 Å². The summed E-state index contributed by atoms with van der Waals surface area (Å²) in [4.78, 5) is 0. The molecule has 1 atom stereocenters. The Balaban J connectivity index is 2.01. The van der Waals surface area contributed by atoms with Gasteiger partial charge in [-0.2, -0.15) is 5.10 Å². The van der Waals surface area contributed by atoms with E-state index in [9.17, 15) is 4.39 Å². The summed E-state index contributed by atoms with van der Waals surface area (Å²) in [6.07, 6.45) is 5.87. The second kappa shape index (κ2) is 6.48. The van der Waals surface area contributed by atoms with Gasteiger partial charge in [-0.25, -0.2) is 4.39 Å². The maximum Gasteiger partial charge on any atom is 0.123 e. The summed E-state index contributed by atoms with van der Waals surface area (Å²) in [5, 5.41) is 7.62. The Bertz CT molecular complexity index is 504. The number of nitrogens with zero attached hydrogens (tertiary/aromatic N) is 2. The molecule has 1 heterocycles. The van der Waals surface area contributed by atoms with Crippen LogP contribution in [0.5, 0.6) is 0 Å². The van der Waals surface area contributed by atoms with Crippen LogP contribution < -0.4 is 5.32 Å². The van der Waals surface area contributed by atoms with E-state index >= 15 is 0 Å². The molecule has 1 N–H and O–H groups in total. The third kappa shape index (κ3) is 3.89. The molecule has 0 bridgehead atoms. The molecule has 4 heteroatoms. The van der Waals surface area contributed by atoms with E-state index in [1.54, 1.807) is 0 Å². The third-order valence-electron chi connectivity index (χ3n) is 3.20. The molecule has 0 aliphatic carbocycles. The number of hydrogen-bond acceptors (Lipinski definition) is 2. The van der Waals surface area contributed by atoms with Crippen molar-refractivity contribution in [2.45, 2.75) is 25.8 Å². The van der Waals surface area contributed by atoms with Gasteiger partial charge in [0.15, 0.2) is 0 Å². The minimum Gasteiger partial charge on any atom is -0.310 e. The molecule has 2 aromatic rings. The minimum atomic E-state index is -0.189. The Morgan fingerprint density at radius 2 is 2.05 bits per heavy atom. The number of aryl methyl sites for hydroxylation is 2. The van der Waals surface area contributed by atoms with Crippen LogP contribution in [0.2, 0.25) is 0 Å². The van der Waals surface area contributed by atoms with Crippen molar-refractivity contribution in [2.24, 2.45) is 7.05 Å². The molecule has 0 aliphatic heterocycles. The molecular weight excluding hydrogens is 241 g/mol. The number of rotatable bonds is 6. The summed E-state index contributed by atoms with van der Waals surface area (Å²) >= 11 is 0. The lowest BCUT2D eigenvalue weighted by Crippen LogP contribution is -2.21. The average molecular weight is 261 g/mol.